The van der Waals surface area contributed by atoms with Crippen molar-refractivity contribution < 1.29 is 19.4 Å². The van der Waals surface area contributed by atoms with Crippen LogP contribution in [0, 0.1) is 19.3 Å². The van der Waals surface area contributed by atoms with Gasteiger partial charge in [-0.3, -0.25) is 9.59 Å². The van der Waals surface area contributed by atoms with Gasteiger partial charge in [0.2, 0.25) is 0 Å². The Morgan fingerprint density at radius 2 is 1.82 bits per heavy atom. The van der Waals surface area contributed by atoms with Gasteiger partial charge in [-0.2, -0.15) is 0 Å². The van der Waals surface area contributed by atoms with Crippen LogP contribution in [0.5, 0.6) is 5.75 Å². The molecule has 0 heterocycles. The van der Waals surface area contributed by atoms with E-state index in [1.54, 1.807) is 0 Å². The minimum Gasteiger partial charge on any atom is -0.484 e. The molecule has 0 fully saturated rings. The molecule has 0 unspecified atom stereocenters. The van der Waals surface area contributed by atoms with Gasteiger partial charge in [0.25, 0.3) is 5.91 Å². The number of amides is 1. The van der Waals surface area contributed by atoms with Crippen LogP contribution in [0.15, 0.2) is 18.2 Å². The van der Waals surface area contributed by atoms with E-state index >= 15 is 0 Å². The number of aliphatic carboxylic acids is 1. The summed E-state index contributed by atoms with van der Waals surface area (Å²) in [5.74, 6) is -0.563. The monoisotopic (exact) mass is 307 g/mol. The van der Waals surface area contributed by atoms with Crippen molar-refractivity contribution in [1.82, 2.24) is 5.32 Å². The number of hydrogen-bond acceptors (Lipinski definition) is 3. The second-order valence-electron chi connectivity index (χ2n) is 5.60. The molecule has 0 aromatic heterocycles. The molecule has 122 valence electrons. The number of carboxylic acids is 1. The third kappa shape index (κ3) is 4.48. The van der Waals surface area contributed by atoms with E-state index in [2.05, 4.69) is 5.32 Å². The number of aryl methyl sites for hydroxylation is 2. The fourth-order valence-corrected chi connectivity index (χ4v) is 2.15. The molecule has 0 radical (unpaired) electrons. The lowest BCUT2D eigenvalue weighted by molar-refractivity contribution is -0.149. The number of hydrogen-bond donors (Lipinski definition) is 2. The van der Waals surface area contributed by atoms with Crippen molar-refractivity contribution in [3.8, 4) is 5.75 Å². The van der Waals surface area contributed by atoms with Gasteiger partial charge in [-0.15, -0.1) is 0 Å². The van der Waals surface area contributed by atoms with Crippen LogP contribution in [0.1, 0.15) is 37.8 Å². The van der Waals surface area contributed by atoms with Gasteiger partial charge in [-0.25, -0.2) is 0 Å². The standard InChI is InChI=1S/C17H25NO4/c1-5-17(6-2,16(20)21)11-18-15(19)10-22-14-8-7-12(3)13(4)9-14/h7-9H,5-6,10-11H2,1-4H3,(H,18,19)(H,20,21). The van der Waals surface area contributed by atoms with E-state index in [-0.39, 0.29) is 19.1 Å². The summed E-state index contributed by atoms with van der Waals surface area (Å²) in [6, 6.07) is 5.63. The number of carboxylic acid groups (broad SMARTS) is 1. The predicted molar refractivity (Wildman–Crippen MR) is 85.1 cm³/mol. The molecule has 2 N–H and O–H groups in total. The van der Waals surface area contributed by atoms with Crippen molar-refractivity contribution in [3.63, 3.8) is 0 Å². The number of nitrogens with one attached hydrogen (secondary N) is 1. The Labute approximate surface area is 131 Å². The number of ether oxygens (including phenoxy) is 1. The van der Waals surface area contributed by atoms with Crippen LogP contribution in [0.3, 0.4) is 0 Å². The minimum absolute atomic E-state index is 0.116. The zero-order chi connectivity index (χ0) is 16.8. The lowest BCUT2D eigenvalue weighted by Crippen LogP contribution is -2.43. The van der Waals surface area contributed by atoms with E-state index in [4.69, 9.17) is 4.74 Å². The summed E-state index contributed by atoms with van der Waals surface area (Å²) in [5, 5.41) is 12.0. The molecule has 22 heavy (non-hydrogen) atoms. The zero-order valence-corrected chi connectivity index (χ0v) is 13.7. The van der Waals surface area contributed by atoms with E-state index in [1.165, 1.54) is 0 Å². The highest BCUT2D eigenvalue weighted by molar-refractivity contribution is 5.80. The van der Waals surface area contributed by atoms with Gasteiger partial charge in [-0.05, 0) is 49.9 Å². The van der Waals surface area contributed by atoms with Crippen molar-refractivity contribution in [3.05, 3.63) is 29.3 Å². The molecule has 1 rings (SSSR count). The number of carbonyl (C=O) groups is 2. The Morgan fingerprint density at radius 1 is 1.18 bits per heavy atom. The molecule has 0 saturated carbocycles. The van der Waals surface area contributed by atoms with Crippen molar-refractivity contribution in [2.24, 2.45) is 5.41 Å². The third-order valence-corrected chi connectivity index (χ3v) is 4.28. The largest absolute Gasteiger partial charge is 0.484 e. The molecule has 0 aliphatic rings. The molecule has 1 aromatic carbocycles. The van der Waals surface area contributed by atoms with Crippen LogP contribution in [0.25, 0.3) is 0 Å². The highest BCUT2D eigenvalue weighted by atomic mass is 16.5. The van der Waals surface area contributed by atoms with E-state index in [1.807, 2.05) is 45.9 Å². The Balaban J connectivity index is 2.52. The number of carbonyl (C=O) groups excluding carboxylic acids is 1. The second kappa shape index (κ2) is 7.82. The van der Waals surface area contributed by atoms with Gasteiger partial charge >= 0.3 is 5.97 Å². The lowest BCUT2D eigenvalue weighted by atomic mass is 9.82. The highest BCUT2D eigenvalue weighted by Gasteiger charge is 2.35. The van der Waals surface area contributed by atoms with Crippen molar-refractivity contribution in [1.29, 1.82) is 0 Å². The van der Waals surface area contributed by atoms with Crippen molar-refractivity contribution in [2.75, 3.05) is 13.2 Å². The molecule has 1 aromatic rings. The smallest absolute Gasteiger partial charge is 0.311 e. The highest BCUT2D eigenvalue weighted by Crippen LogP contribution is 2.25. The first-order valence-electron chi connectivity index (χ1n) is 7.54. The van der Waals surface area contributed by atoms with Crippen molar-refractivity contribution in [2.45, 2.75) is 40.5 Å². The fraction of sp³-hybridized carbons (Fsp3) is 0.529. The van der Waals surface area contributed by atoms with Gasteiger partial charge < -0.3 is 15.2 Å². The van der Waals surface area contributed by atoms with Crippen LogP contribution in [0.4, 0.5) is 0 Å². The topological polar surface area (TPSA) is 75.6 Å². The molecule has 0 bridgehead atoms. The van der Waals surface area contributed by atoms with Gasteiger partial charge in [0.15, 0.2) is 6.61 Å². The molecule has 5 nitrogen and oxygen atoms in total. The van der Waals surface area contributed by atoms with Crippen molar-refractivity contribution >= 4 is 11.9 Å². The minimum atomic E-state index is -0.907. The maximum Gasteiger partial charge on any atom is 0.311 e. The fourth-order valence-electron chi connectivity index (χ4n) is 2.15. The summed E-state index contributed by atoms with van der Waals surface area (Å²) in [7, 11) is 0. The van der Waals surface area contributed by atoms with E-state index in [0.717, 1.165) is 11.1 Å². The normalized spacial score (nSPS) is 11.1. The Hall–Kier alpha value is -2.04. The van der Waals surface area contributed by atoms with Crippen LogP contribution in [0.2, 0.25) is 0 Å². The third-order valence-electron chi connectivity index (χ3n) is 4.28. The Morgan fingerprint density at radius 3 is 2.32 bits per heavy atom. The van der Waals surface area contributed by atoms with Crippen LogP contribution in [-0.2, 0) is 9.59 Å². The Bertz CT molecular complexity index is 535. The summed E-state index contributed by atoms with van der Waals surface area (Å²) in [6.07, 6.45) is 0.939. The zero-order valence-electron chi connectivity index (χ0n) is 13.7. The van der Waals surface area contributed by atoms with Crippen LogP contribution < -0.4 is 10.1 Å². The summed E-state index contributed by atoms with van der Waals surface area (Å²) in [5.41, 5.74) is 1.35. The van der Waals surface area contributed by atoms with Gasteiger partial charge in [0.05, 0.1) is 5.41 Å². The molecule has 0 saturated heterocycles. The van der Waals surface area contributed by atoms with Gasteiger partial charge in [-0.1, -0.05) is 19.9 Å². The summed E-state index contributed by atoms with van der Waals surface area (Å²) >= 11 is 0. The summed E-state index contributed by atoms with van der Waals surface area (Å²) in [6.45, 7) is 7.61. The molecule has 5 heteroatoms. The van der Waals surface area contributed by atoms with Gasteiger partial charge in [0.1, 0.15) is 5.75 Å². The van der Waals surface area contributed by atoms with E-state index in [9.17, 15) is 14.7 Å². The molecule has 1 amide bonds. The molecular weight excluding hydrogens is 282 g/mol. The summed E-state index contributed by atoms with van der Waals surface area (Å²) in [4.78, 5) is 23.2. The lowest BCUT2D eigenvalue weighted by Gasteiger charge is -2.26. The Kier molecular flexibility index (Phi) is 6.40. The average molecular weight is 307 g/mol. The maximum absolute atomic E-state index is 11.8. The van der Waals surface area contributed by atoms with Crippen LogP contribution >= 0.6 is 0 Å². The molecule has 0 atom stereocenters. The first kappa shape index (κ1) is 18.0. The predicted octanol–water partition coefficient (Wildman–Crippen LogP) is 2.69. The quantitative estimate of drug-likeness (QED) is 0.774. The maximum atomic E-state index is 11.8. The van der Waals surface area contributed by atoms with E-state index in [0.29, 0.717) is 18.6 Å². The SMILES string of the molecule is CCC(CC)(CNC(=O)COc1ccc(C)c(C)c1)C(=O)O. The molecule has 0 aliphatic heterocycles. The van der Waals surface area contributed by atoms with Crippen LogP contribution in [-0.4, -0.2) is 30.1 Å². The number of benzene rings is 1. The summed E-state index contributed by atoms with van der Waals surface area (Å²) < 4.78 is 5.44. The van der Waals surface area contributed by atoms with E-state index < -0.39 is 11.4 Å². The first-order chi connectivity index (χ1) is 10.3. The first-order valence-corrected chi connectivity index (χ1v) is 7.54. The average Bonchev–Trinajstić information content (AvgIpc) is 2.49. The molecule has 0 spiro atoms. The molecular formula is C17H25NO4. The second-order valence-corrected chi connectivity index (χ2v) is 5.60. The van der Waals surface area contributed by atoms with Gasteiger partial charge in [0, 0.05) is 6.54 Å². The number of rotatable bonds is 8. The molecule has 0 aliphatic carbocycles.